The van der Waals surface area contributed by atoms with Crippen molar-refractivity contribution in [1.82, 2.24) is 0 Å². The molecule has 23 N–H and O–H groups in total. The van der Waals surface area contributed by atoms with Gasteiger partial charge in [0.05, 0.1) is 100 Å². The molecule has 21 saturated heterocycles. The first-order chi connectivity index (χ1) is 61.3. The highest BCUT2D eigenvalue weighted by Crippen LogP contribution is 2.43. The smallest absolute Gasteiger partial charge is 0.304 e. The molecule has 21 rings (SSSR count). The molecule has 0 spiro atoms. The Morgan fingerprint density at radius 3 is 0.450 bits per heavy atom. The van der Waals surface area contributed by atoms with E-state index in [2.05, 4.69) is 0 Å². The molecule has 0 saturated carbocycles. The number of hydrogen-bond donors (Lipinski definition) is 23. The summed E-state index contributed by atoms with van der Waals surface area (Å²) in [4.78, 5) is 94.5. The van der Waals surface area contributed by atoms with Crippen LogP contribution in [0.2, 0.25) is 0 Å². The minimum Gasteiger partial charge on any atom is -0.481 e. The molecule has 0 aromatic heterocycles. The Bertz CT molecular complexity index is 3450. The van der Waals surface area contributed by atoms with Gasteiger partial charge in [0.1, 0.15) is 146 Å². The van der Waals surface area contributed by atoms with Gasteiger partial charge in [-0.25, -0.2) is 0 Å². The molecule has 40 atom stereocenters. The molecule has 21 aliphatic heterocycles. The molecule has 0 aromatic rings. The first kappa shape index (κ1) is 110. The summed E-state index contributed by atoms with van der Waals surface area (Å²) in [6.45, 7) is 0. The first-order valence-electron chi connectivity index (χ1n) is 40.9. The lowest BCUT2D eigenvalue weighted by molar-refractivity contribution is -0.397. The molecule has 0 aliphatic carbocycles. The average Bonchev–Trinajstić information content (AvgIpc) is 0.767. The van der Waals surface area contributed by atoms with Gasteiger partial charge < -0.3 is 198 Å². The zero-order chi connectivity index (χ0) is 94.4. The Balaban J connectivity index is 1.12. The van der Waals surface area contributed by atoms with E-state index in [-0.39, 0.29) is 92.0 Å². The molecular formula is C73H114O48S8. The number of carboxylic acids is 8. The summed E-state index contributed by atoms with van der Waals surface area (Å²) >= 11 is 7.19. The van der Waals surface area contributed by atoms with E-state index in [0.29, 0.717) is 0 Å². The number of carboxylic acid groups (broad SMARTS) is 8. The molecule has 56 heteroatoms. The van der Waals surface area contributed by atoms with Crippen molar-refractivity contribution in [2.45, 2.75) is 297 Å². The third-order valence-corrected chi connectivity index (χ3v) is 30.1. The van der Waals surface area contributed by atoms with Gasteiger partial charge in [-0.15, -0.1) is 0 Å². The largest absolute Gasteiger partial charge is 0.481 e. The monoisotopic (exact) mass is 2010 g/mol. The van der Waals surface area contributed by atoms with E-state index < -0.39 is 345 Å². The maximum Gasteiger partial charge on any atom is 0.304 e. The number of carbonyl (C=O) groups is 8. The van der Waals surface area contributed by atoms with Crippen LogP contribution in [0, 0.1) is 0 Å². The Morgan fingerprint density at radius 1 is 0.194 bits per heavy atom. The summed E-state index contributed by atoms with van der Waals surface area (Å²) < 4.78 is 107. The van der Waals surface area contributed by atoms with Gasteiger partial charge in [0.15, 0.2) is 50.3 Å². The summed E-state index contributed by atoms with van der Waals surface area (Å²) in [6, 6.07) is 0. The maximum atomic E-state index is 12.6. The number of aliphatic hydroxyl groups is 15. The quantitative estimate of drug-likeness (QED) is 0.0253. The standard InChI is InChI=1S/C73H114O48S8/c1-105-65-56(104)64-33(25-129-17-9-41(88)89)113-73(65)121-63-32(24-128-16-8-40(86)87)112-71(55(103)48(63)96)119-61-30(22-126-14-6-38(82)83)110-69(53(101)46(61)94)117-59-28(20-124-12-4-36(78)79)108-67(51(99)44(59)92)115-57-26(18-122-10-2-34(74)75)106-66(49(97)42(57)90)114-58-27(19-123-11-3-35(76)77)107-68(50(98)43(58)91)116-60-29(21-125-13-5-37(80)81)109-70(52(100)45(60)93)118-62-31(23-127-15-7-39(84)85)111-72(120-64)54(102)47(62)95/h26-33,42-73,90-104H,2-25H2,1H3,(H,74,75)(H,76,77)(H,78,79)(H,80,81)(H,82,83)(H,84,85)(H,86,87)(H,88,89)/t26-,27-,28-,29-,30-,31-,32-,33-,42-,43-,44-,45-,46-,47-,48-,49-,50-,51-,52-,53-,54-,55-,56+,57-,58-,59-,60-,61-,62-,63-,64-,65-,66-,67-,68-,69-,70-,71-,72-,73-/m1/s1. The SMILES string of the molecule is CO[C@H]1[C@H]2O[C@H]3[C@H](O)[C@@H](O)[C@@H](O[C@H]4[C@H](O)[C@@H](O)[C@@H](O[C@H]5[C@H](O)[C@@H](O)[C@@H](O[C@H]6[C@H](O)[C@@H](O)[C@@H](O[C@H]7[C@H](O)[C@@H](O)[C@@H](O[C@H]8[C@H](O)[C@@H](O)[C@@H](O[C@H]9[C@H](O)[C@@H](O)[C@@H](O[C@@H]([C@@H]1O)[C@@H](CSCCC(=O)O)O2)O[C@@H]9CSCCC(=O)O)O[C@@H]8CSCCC(=O)O)O[C@@H]7CSCCC(=O)O)O[C@@H]6CSCCC(=O)O)O[C@@H]5CSCCC(=O)O)O[C@@H]4CSCCC(=O)O)O[C@@H]3CSCCC(=O)O. The minimum absolute atomic E-state index is 0.126. The maximum absolute atomic E-state index is 12.6. The van der Waals surface area contributed by atoms with Gasteiger partial charge in [0.25, 0.3) is 0 Å². The molecule has 21 heterocycles. The van der Waals surface area contributed by atoms with Crippen LogP contribution in [0.1, 0.15) is 51.4 Å². The number of aliphatic hydroxyl groups excluding tert-OH is 15. The van der Waals surface area contributed by atoms with E-state index in [1.54, 1.807) is 0 Å². The fourth-order valence-electron chi connectivity index (χ4n) is 14.9. The van der Waals surface area contributed by atoms with Crippen LogP contribution in [0.5, 0.6) is 0 Å². The predicted molar refractivity (Wildman–Crippen MR) is 446 cm³/mol. The molecule has 0 aromatic carbocycles. The minimum atomic E-state index is -2.32. The molecule has 16 bridgehead atoms. The van der Waals surface area contributed by atoms with Crippen molar-refractivity contribution in [3.63, 3.8) is 0 Å². The van der Waals surface area contributed by atoms with Gasteiger partial charge in [0.2, 0.25) is 0 Å². The van der Waals surface area contributed by atoms with Crippen LogP contribution in [-0.2, 0) is 119 Å². The van der Waals surface area contributed by atoms with Gasteiger partial charge in [-0.1, -0.05) is 0 Å². The topological polar surface area (TPSA) is 759 Å². The van der Waals surface area contributed by atoms with Crippen LogP contribution in [-0.4, -0.2) is 510 Å². The highest BCUT2D eigenvalue weighted by molar-refractivity contribution is 8.00. The van der Waals surface area contributed by atoms with Crippen LogP contribution in [0.25, 0.3) is 0 Å². The van der Waals surface area contributed by atoms with Gasteiger partial charge in [0, 0.05) is 99.2 Å². The van der Waals surface area contributed by atoms with E-state index in [4.69, 9.17) is 80.5 Å². The first-order valence-corrected chi connectivity index (χ1v) is 50.1. The molecule has 21 fully saturated rings. The van der Waals surface area contributed by atoms with Crippen molar-refractivity contribution in [3.05, 3.63) is 0 Å². The third-order valence-electron chi connectivity index (χ3n) is 21.6. The van der Waals surface area contributed by atoms with E-state index >= 15 is 0 Å². The van der Waals surface area contributed by atoms with Crippen LogP contribution in [0.4, 0.5) is 0 Å². The summed E-state index contributed by atoms with van der Waals surface area (Å²) in [5, 5.41) is 261. The van der Waals surface area contributed by atoms with Crippen molar-refractivity contribution >= 4 is 142 Å². The Morgan fingerprint density at radius 2 is 0.318 bits per heavy atom. The van der Waals surface area contributed by atoms with Gasteiger partial charge in [-0.3, -0.25) is 38.4 Å². The molecule has 0 unspecified atom stereocenters. The highest BCUT2D eigenvalue weighted by atomic mass is 32.2. The number of aliphatic carboxylic acids is 8. The summed E-state index contributed by atoms with van der Waals surface area (Å²) in [6.07, 6.45) is -83.9. The van der Waals surface area contributed by atoms with Gasteiger partial charge in [-0.2, -0.15) is 94.1 Å². The van der Waals surface area contributed by atoms with Crippen LogP contribution in [0.3, 0.4) is 0 Å². The Kier molecular flexibility index (Phi) is 45.5. The zero-order valence-electron chi connectivity index (χ0n) is 68.8. The van der Waals surface area contributed by atoms with Crippen LogP contribution in [0.15, 0.2) is 0 Å². The Labute approximate surface area is 769 Å². The summed E-state index contributed by atoms with van der Waals surface area (Å²) in [5.41, 5.74) is 0. The molecule has 21 aliphatic rings. The van der Waals surface area contributed by atoms with Gasteiger partial charge in [-0.05, 0) is 0 Å². The van der Waals surface area contributed by atoms with Crippen molar-refractivity contribution in [3.8, 4) is 0 Å². The van der Waals surface area contributed by atoms with E-state index in [9.17, 15) is 156 Å². The van der Waals surface area contributed by atoms with Crippen LogP contribution >= 0.6 is 94.1 Å². The van der Waals surface area contributed by atoms with Gasteiger partial charge >= 0.3 is 47.8 Å². The van der Waals surface area contributed by atoms with Crippen molar-refractivity contribution in [2.24, 2.45) is 0 Å². The third kappa shape index (κ3) is 31.1. The lowest BCUT2D eigenvalue weighted by Gasteiger charge is -2.51. The summed E-state index contributed by atoms with van der Waals surface area (Å²) in [7, 11) is 1.06. The number of thioether (sulfide) groups is 8. The van der Waals surface area contributed by atoms with E-state index in [0.717, 1.165) is 101 Å². The second-order valence-electron chi connectivity index (χ2n) is 31.0. The fourth-order valence-corrected chi connectivity index (χ4v) is 22.8. The molecule has 0 amide bonds. The molecular weight excluding hydrogens is 1900 g/mol. The normalized spacial score (nSPS) is 41.3. The van der Waals surface area contributed by atoms with Crippen molar-refractivity contribution < 1.29 is 236 Å². The number of hydrogen-bond acceptors (Lipinski definition) is 48. The lowest BCUT2D eigenvalue weighted by Crippen LogP contribution is -2.69. The van der Waals surface area contributed by atoms with Crippen molar-refractivity contribution in [2.75, 3.05) is 99.2 Å². The van der Waals surface area contributed by atoms with Crippen LogP contribution < -0.4 is 0 Å². The predicted octanol–water partition coefficient (Wildman–Crippen LogP) is -7.03. The second kappa shape index (κ2) is 53.4. The van der Waals surface area contributed by atoms with Crippen molar-refractivity contribution in [1.29, 1.82) is 0 Å². The van der Waals surface area contributed by atoms with E-state index in [1.165, 1.54) is 0 Å². The molecule has 129 heavy (non-hydrogen) atoms. The lowest BCUT2D eigenvalue weighted by atomic mass is 9.95. The molecule has 0 radical (unpaired) electrons. The zero-order valence-corrected chi connectivity index (χ0v) is 75.4. The number of methoxy groups -OCH3 is 1. The second-order valence-corrected chi connectivity index (χ2v) is 40.2. The highest BCUT2D eigenvalue weighted by Gasteiger charge is 2.61. The Hall–Kier alpha value is -2.72. The molecule has 48 nitrogen and oxygen atoms in total. The average molecular weight is 2020 g/mol. The molecule has 742 valence electrons. The van der Waals surface area contributed by atoms with E-state index in [1.807, 2.05) is 0 Å². The number of ether oxygens (including phenoxy) is 17. The number of rotatable bonds is 41. The summed E-state index contributed by atoms with van der Waals surface area (Å²) in [5.74, 6) is -14.0. The fraction of sp³-hybridized carbons (Fsp3) is 0.890.